The average Bonchev–Trinajstić information content (AvgIpc) is 2.89. The second kappa shape index (κ2) is 9.84. The van der Waals surface area contributed by atoms with Gasteiger partial charge in [-0.2, -0.15) is 4.31 Å². The molecule has 0 radical (unpaired) electrons. The molecule has 8 nitrogen and oxygen atoms in total. The van der Waals surface area contributed by atoms with E-state index in [1.54, 1.807) is 12.4 Å². The smallest absolute Gasteiger partial charge is 0.218 e. The number of para-hydroxylation sites is 1. The number of rotatable bonds is 7. The Morgan fingerprint density at radius 2 is 1.68 bits per heavy atom. The molecule has 1 aliphatic rings. The molecule has 2 aromatic heterocycles. The van der Waals surface area contributed by atoms with Crippen molar-refractivity contribution in [1.29, 1.82) is 0 Å². The Labute approximate surface area is 198 Å². The van der Waals surface area contributed by atoms with Crippen molar-refractivity contribution in [1.82, 2.24) is 19.3 Å². The maximum Gasteiger partial charge on any atom is 0.218 e. The van der Waals surface area contributed by atoms with Crippen molar-refractivity contribution >= 4 is 26.7 Å². The first kappa shape index (κ1) is 22.4. The molecule has 5 rings (SSSR count). The van der Waals surface area contributed by atoms with Crippen molar-refractivity contribution in [2.45, 2.75) is 12.3 Å². The summed E-state index contributed by atoms with van der Waals surface area (Å²) in [5.74, 6) is 1.23. The Balaban J connectivity index is 1.42. The highest BCUT2D eigenvalue weighted by molar-refractivity contribution is 7.88. The van der Waals surface area contributed by atoms with E-state index in [4.69, 9.17) is 14.7 Å². The fourth-order valence-corrected chi connectivity index (χ4v) is 5.56. The van der Waals surface area contributed by atoms with E-state index >= 15 is 0 Å². The molecule has 1 aliphatic heterocycles. The SMILES string of the molecule is O=S(=O)(Cc1ccccc1CNc1nc(-c2cccnc2)nc2ccccc12)N1CCOCC1. The number of hydrogen-bond acceptors (Lipinski definition) is 7. The predicted molar refractivity (Wildman–Crippen MR) is 132 cm³/mol. The molecule has 3 heterocycles. The minimum atomic E-state index is -3.43. The first-order valence-electron chi connectivity index (χ1n) is 11.1. The highest BCUT2D eigenvalue weighted by Gasteiger charge is 2.25. The Morgan fingerprint density at radius 3 is 2.47 bits per heavy atom. The maximum absolute atomic E-state index is 13.0. The second-order valence-corrected chi connectivity index (χ2v) is 10.0. The van der Waals surface area contributed by atoms with Gasteiger partial charge in [0.1, 0.15) is 5.82 Å². The lowest BCUT2D eigenvalue weighted by Crippen LogP contribution is -2.41. The van der Waals surface area contributed by atoms with Crippen LogP contribution in [0.25, 0.3) is 22.3 Å². The largest absolute Gasteiger partial charge is 0.379 e. The molecule has 0 saturated carbocycles. The van der Waals surface area contributed by atoms with Gasteiger partial charge in [0.15, 0.2) is 5.82 Å². The van der Waals surface area contributed by atoms with E-state index in [0.29, 0.717) is 44.5 Å². The van der Waals surface area contributed by atoms with E-state index in [2.05, 4.69) is 10.3 Å². The first-order chi connectivity index (χ1) is 16.6. The number of sulfonamides is 1. The molecule has 4 aromatic rings. The molecule has 0 amide bonds. The summed E-state index contributed by atoms with van der Waals surface area (Å²) < 4.78 is 32.8. The molecular formula is C25H25N5O3S. The van der Waals surface area contributed by atoms with Gasteiger partial charge in [0, 0.05) is 43.0 Å². The van der Waals surface area contributed by atoms with Crippen LogP contribution in [0.4, 0.5) is 5.82 Å². The summed E-state index contributed by atoms with van der Waals surface area (Å²) in [6.07, 6.45) is 3.45. The van der Waals surface area contributed by atoms with Crippen LogP contribution in [-0.4, -0.2) is 54.0 Å². The zero-order valence-corrected chi connectivity index (χ0v) is 19.4. The van der Waals surface area contributed by atoms with Crippen molar-refractivity contribution in [3.8, 4) is 11.4 Å². The Morgan fingerprint density at radius 1 is 0.912 bits per heavy atom. The number of anilines is 1. The van der Waals surface area contributed by atoms with Crippen molar-refractivity contribution in [2.24, 2.45) is 0 Å². The number of fused-ring (bicyclic) bond motifs is 1. The van der Waals surface area contributed by atoms with Crippen LogP contribution in [0.2, 0.25) is 0 Å². The molecular weight excluding hydrogens is 450 g/mol. The number of ether oxygens (including phenoxy) is 1. The summed E-state index contributed by atoms with van der Waals surface area (Å²) in [5.41, 5.74) is 3.33. The monoisotopic (exact) mass is 475 g/mol. The topological polar surface area (TPSA) is 97.3 Å². The molecule has 0 bridgehead atoms. The van der Waals surface area contributed by atoms with Gasteiger partial charge < -0.3 is 10.1 Å². The molecule has 1 N–H and O–H groups in total. The molecule has 9 heteroatoms. The number of benzene rings is 2. The third-order valence-electron chi connectivity index (χ3n) is 5.79. The lowest BCUT2D eigenvalue weighted by atomic mass is 10.1. The highest BCUT2D eigenvalue weighted by atomic mass is 32.2. The van der Waals surface area contributed by atoms with Crippen LogP contribution in [-0.2, 0) is 27.1 Å². The molecule has 1 fully saturated rings. The summed E-state index contributed by atoms with van der Waals surface area (Å²) in [7, 11) is -3.43. The van der Waals surface area contributed by atoms with Crippen LogP contribution in [0, 0.1) is 0 Å². The molecule has 0 atom stereocenters. The number of hydrogen-bond donors (Lipinski definition) is 1. The third-order valence-corrected chi connectivity index (χ3v) is 7.62. The van der Waals surface area contributed by atoms with Crippen LogP contribution >= 0.6 is 0 Å². The van der Waals surface area contributed by atoms with E-state index < -0.39 is 10.0 Å². The van der Waals surface area contributed by atoms with E-state index in [-0.39, 0.29) is 5.75 Å². The van der Waals surface area contributed by atoms with E-state index in [9.17, 15) is 8.42 Å². The van der Waals surface area contributed by atoms with E-state index in [1.165, 1.54) is 4.31 Å². The van der Waals surface area contributed by atoms with Gasteiger partial charge in [-0.25, -0.2) is 18.4 Å². The molecule has 34 heavy (non-hydrogen) atoms. The lowest BCUT2D eigenvalue weighted by Gasteiger charge is -2.26. The standard InChI is InChI=1S/C25H25N5O3S/c31-34(32,30-12-14-33-15-13-30)18-21-7-2-1-6-19(21)17-27-25-22-9-3-4-10-23(22)28-24(29-25)20-8-5-11-26-16-20/h1-11,16H,12-15,17-18H2,(H,27,28,29). The number of nitrogens with zero attached hydrogens (tertiary/aromatic N) is 4. The molecule has 174 valence electrons. The van der Waals surface area contributed by atoms with Gasteiger partial charge in [0.05, 0.1) is 24.5 Å². The van der Waals surface area contributed by atoms with E-state index in [0.717, 1.165) is 27.6 Å². The van der Waals surface area contributed by atoms with Crippen molar-refractivity contribution < 1.29 is 13.2 Å². The van der Waals surface area contributed by atoms with Gasteiger partial charge in [0.2, 0.25) is 10.0 Å². The minimum absolute atomic E-state index is 0.0453. The summed E-state index contributed by atoms with van der Waals surface area (Å²) >= 11 is 0. The maximum atomic E-state index is 13.0. The quantitative estimate of drug-likeness (QED) is 0.437. The van der Waals surface area contributed by atoms with Gasteiger partial charge in [0.25, 0.3) is 0 Å². The lowest BCUT2D eigenvalue weighted by molar-refractivity contribution is 0.0729. The van der Waals surface area contributed by atoms with Gasteiger partial charge in [-0.15, -0.1) is 0 Å². The van der Waals surface area contributed by atoms with E-state index in [1.807, 2.05) is 60.7 Å². The fraction of sp³-hybridized carbons (Fsp3) is 0.240. The Kier molecular flexibility index (Phi) is 6.48. The first-order valence-corrected chi connectivity index (χ1v) is 12.7. The predicted octanol–water partition coefficient (Wildman–Crippen LogP) is 3.47. The van der Waals surface area contributed by atoms with Crippen LogP contribution in [0.15, 0.2) is 73.1 Å². The summed E-state index contributed by atoms with van der Waals surface area (Å²) in [4.78, 5) is 13.6. The van der Waals surface area contributed by atoms with Gasteiger partial charge in [-0.3, -0.25) is 4.98 Å². The van der Waals surface area contributed by atoms with Crippen LogP contribution in [0.3, 0.4) is 0 Å². The molecule has 2 aromatic carbocycles. The van der Waals surface area contributed by atoms with Crippen molar-refractivity contribution in [2.75, 3.05) is 31.6 Å². The molecule has 0 aliphatic carbocycles. The zero-order valence-electron chi connectivity index (χ0n) is 18.6. The van der Waals surface area contributed by atoms with Crippen molar-refractivity contribution in [3.05, 3.63) is 84.2 Å². The number of morpholine rings is 1. The summed E-state index contributed by atoms with van der Waals surface area (Å²) in [6.45, 7) is 2.09. The minimum Gasteiger partial charge on any atom is -0.379 e. The van der Waals surface area contributed by atoms with Gasteiger partial charge in [-0.1, -0.05) is 36.4 Å². The molecule has 0 spiro atoms. The Hall–Kier alpha value is -3.40. The fourth-order valence-electron chi connectivity index (χ4n) is 4.00. The second-order valence-electron chi connectivity index (χ2n) is 8.04. The molecule has 1 saturated heterocycles. The number of aromatic nitrogens is 3. The van der Waals surface area contributed by atoms with Gasteiger partial charge >= 0.3 is 0 Å². The normalized spacial score (nSPS) is 14.8. The van der Waals surface area contributed by atoms with Gasteiger partial charge in [-0.05, 0) is 35.4 Å². The molecule has 0 unspecified atom stereocenters. The zero-order chi connectivity index (χ0) is 23.4. The van der Waals surface area contributed by atoms with Crippen LogP contribution in [0.5, 0.6) is 0 Å². The highest BCUT2D eigenvalue weighted by Crippen LogP contribution is 2.25. The van der Waals surface area contributed by atoms with Crippen molar-refractivity contribution in [3.63, 3.8) is 0 Å². The van der Waals surface area contributed by atoms with Crippen LogP contribution < -0.4 is 5.32 Å². The Bertz CT molecular complexity index is 1390. The summed E-state index contributed by atoms with van der Waals surface area (Å²) in [5, 5.41) is 4.32. The number of nitrogens with one attached hydrogen (secondary N) is 1. The third kappa shape index (κ3) is 4.91. The average molecular weight is 476 g/mol. The number of pyridine rings is 1. The van der Waals surface area contributed by atoms with Crippen LogP contribution in [0.1, 0.15) is 11.1 Å². The summed E-state index contributed by atoms with van der Waals surface area (Å²) in [6, 6.07) is 19.2.